The predicted molar refractivity (Wildman–Crippen MR) is 106 cm³/mol. The van der Waals surface area contributed by atoms with Gasteiger partial charge in [0.2, 0.25) is 0 Å². The molecule has 3 aromatic rings. The second-order valence-corrected chi connectivity index (χ2v) is 7.52. The summed E-state index contributed by atoms with van der Waals surface area (Å²) in [7, 11) is 0. The Morgan fingerprint density at radius 1 is 1.19 bits per heavy atom. The number of hydrogen-bond acceptors (Lipinski definition) is 7. The highest BCUT2D eigenvalue weighted by molar-refractivity contribution is 7.18. The highest BCUT2D eigenvalue weighted by atomic mass is 32.1. The van der Waals surface area contributed by atoms with E-state index in [1.165, 1.54) is 13.8 Å². The van der Waals surface area contributed by atoms with E-state index in [-0.39, 0.29) is 33.5 Å². The van der Waals surface area contributed by atoms with E-state index >= 15 is 0 Å². The van der Waals surface area contributed by atoms with Crippen LogP contribution in [0.3, 0.4) is 0 Å². The van der Waals surface area contributed by atoms with E-state index < -0.39 is 41.8 Å². The molecule has 0 radical (unpaired) electrons. The smallest absolute Gasteiger partial charge is 0.341 e. The number of alkyl halides is 4. The standard InChI is InChI=1S/C19H16F4N4O4S/c1-4-31-19(30)13-7(2)14(8(3)28)32-18(13)25-17(29)10-6-12-24-9(15(20)21)5-11(16(22)23)27(12)26-10/h5-6,15-16H,4H2,1-3H3,(H,25,29). The normalized spacial score (nSPS) is 11.4. The van der Waals surface area contributed by atoms with Crippen molar-refractivity contribution in [1.29, 1.82) is 0 Å². The molecule has 0 saturated carbocycles. The van der Waals surface area contributed by atoms with E-state index in [4.69, 9.17) is 4.74 Å². The summed E-state index contributed by atoms with van der Waals surface area (Å²) >= 11 is 0.841. The fourth-order valence-electron chi connectivity index (χ4n) is 2.95. The van der Waals surface area contributed by atoms with Crippen LogP contribution in [-0.4, -0.2) is 38.9 Å². The maximum atomic E-state index is 13.3. The lowest BCUT2D eigenvalue weighted by Gasteiger charge is -2.06. The van der Waals surface area contributed by atoms with Crippen LogP contribution in [0, 0.1) is 6.92 Å². The maximum Gasteiger partial charge on any atom is 0.341 e. The molecule has 0 aromatic carbocycles. The lowest BCUT2D eigenvalue weighted by atomic mass is 10.1. The molecular weight excluding hydrogens is 456 g/mol. The number of ether oxygens (including phenoxy) is 1. The summed E-state index contributed by atoms with van der Waals surface area (Å²) in [6.45, 7) is 4.45. The lowest BCUT2D eigenvalue weighted by molar-refractivity contribution is 0.0527. The predicted octanol–water partition coefficient (Wildman–Crippen LogP) is 4.61. The lowest BCUT2D eigenvalue weighted by Crippen LogP contribution is -2.15. The molecule has 8 nitrogen and oxygen atoms in total. The van der Waals surface area contributed by atoms with Crippen LogP contribution < -0.4 is 5.32 Å². The third-order valence-corrected chi connectivity index (χ3v) is 5.64. The quantitative estimate of drug-likeness (QED) is 0.306. The number of hydrogen-bond donors (Lipinski definition) is 1. The monoisotopic (exact) mass is 472 g/mol. The summed E-state index contributed by atoms with van der Waals surface area (Å²) in [4.78, 5) is 40.7. The Morgan fingerprint density at radius 2 is 1.88 bits per heavy atom. The topological polar surface area (TPSA) is 103 Å². The number of anilines is 1. The highest BCUT2D eigenvalue weighted by Gasteiger charge is 2.27. The van der Waals surface area contributed by atoms with Crippen LogP contribution in [-0.2, 0) is 4.74 Å². The van der Waals surface area contributed by atoms with Gasteiger partial charge in [-0.2, -0.15) is 5.10 Å². The Labute approximate surface area is 182 Å². The number of halogens is 4. The van der Waals surface area contributed by atoms with E-state index in [1.807, 2.05) is 0 Å². The first-order valence-corrected chi connectivity index (χ1v) is 9.96. The van der Waals surface area contributed by atoms with Crippen molar-refractivity contribution in [3.05, 3.63) is 45.2 Å². The highest BCUT2D eigenvalue weighted by Crippen LogP contribution is 2.34. The van der Waals surface area contributed by atoms with Crippen LogP contribution in [0.25, 0.3) is 5.65 Å². The molecule has 0 aliphatic heterocycles. The largest absolute Gasteiger partial charge is 0.462 e. The minimum atomic E-state index is -3.15. The molecule has 3 aromatic heterocycles. The molecule has 0 unspecified atom stereocenters. The number of nitrogens with one attached hydrogen (secondary N) is 1. The van der Waals surface area contributed by atoms with Gasteiger partial charge in [-0.25, -0.2) is 31.9 Å². The summed E-state index contributed by atoms with van der Waals surface area (Å²) in [5.74, 6) is -2.02. The van der Waals surface area contributed by atoms with Crippen molar-refractivity contribution in [3.63, 3.8) is 0 Å². The van der Waals surface area contributed by atoms with Gasteiger partial charge in [0.25, 0.3) is 18.8 Å². The van der Waals surface area contributed by atoms with Crippen LogP contribution in [0.1, 0.15) is 74.2 Å². The number of aromatic nitrogens is 3. The molecule has 0 spiro atoms. The van der Waals surface area contributed by atoms with E-state index in [0.717, 1.165) is 17.4 Å². The van der Waals surface area contributed by atoms with Crippen molar-refractivity contribution < 1.29 is 36.7 Å². The van der Waals surface area contributed by atoms with Gasteiger partial charge >= 0.3 is 5.97 Å². The molecular formula is C19H16F4N4O4S. The SMILES string of the molecule is CCOC(=O)c1c(NC(=O)c2cc3nc(C(F)F)cc(C(F)F)n3n2)sc(C(C)=O)c1C. The van der Waals surface area contributed by atoms with E-state index in [9.17, 15) is 31.9 Å². The summed E-state index contributed by atoms with van der Waals surface area (Å²) in [6.07, 6.45) is -6.25. The van der Waals surface area contributed by atoms with Gasteiger partial charge in [-0.15, -0.1) is 11.3 Å². The van der Waals surface area contributed by atoms with Crippen LogP contribution in [0.5, 0.6) is 0 Å². The number of carbonyl (C=O) groups excluding carboxylic acids is 3. The molecule has 170 valence electrons. The van der Waals surface area contributed by atoms with E-state index in [2.05, 4.69) is 15.4 Å². The molecule has 0 aliphatic rings. The van der Waals surface area contributed by atoms with E-state index in [0.29, 0.717) is 16.1 Å². The average Bonchev–Trinajstić information content (AvgIpc) is 3.28. The zero-order valence-corrected chi connectivity index (χ0v) is 17.7. The van der Waals surface area contributed by atoms with Crippen LogP contribution >= 0.6 is 11.3 Å². The zero-order valence-electron chi connectivity index (χ0n) is 16.9. The number of thiophene rings is 1. The molecule has 3 heterocycles. The van der Waals surface area contributed by atoms with Gasteiger partial charge in [0.15, 0.2) is 17.1 Å². The van der Waals surface area contributed by atoms with Crippen molar-refractivity contribution in [1.82, 2.24) is 14.6 Å². The third kappa shape index (κ3) is 4.33. The first kappa shape index (κ1) is 23.3. The minimum Gasteiger partial charge on any atom is -0.462 e. The summed E-state index contributed by atoms with van der Waals surface area (Å²) < 4.78 is 58.2. The number of carbonyl (C=O) groups is 3. The summed E-state index contributed by atoms with van der Waals surface area (Å²) in [5.41, 5.74) is -2.23. The number of esters is 1. The Hall–Kier alpha value is -3.35. The number of amides is 1. The zero-order chi connectivity index (χ0) is 23.7. The van der Waals surface area contributed by atoms with Gasteiger partial charge < -0.3 is 10.1 Å². The molecule has 0 aliphatic carbocycles. The number of rotatable bonds is 7. The van der Waals surface area contributed by atoms with E-state index in [1.54, 1.807) is 6.92 Å². The van der Waals surface area contributed by atoms with Crippen molar-refractivity contribution in [3.8, 4) is 0 Å². The van der Waals surface area contributed by atoms with Crippen molar-refractivity contribution >= 4 is 39.6 Å². The van der Waals surface area contributed by atoms with Crippen LogP contribution in [0.2, 0.25) is 0 Å². The second-order valence-electron chi connectivity index (χ2n) is 6.50. The molecule has 1 N–H and O–H groups in total. The maximum absolute atomic E-state index is 13.3. The summed E-state index contributed by atoms with van der Waals surface area (Å²) in [6, 6.07) is 1.47. The Balaban J connectivity index is 2.04. The summed E-state index contributed by atoms with van der Waals surface area (Å²) in [5, 5.41) is 6.16. The molecule has 0 fully saturated rings. The molecule has 0 bridgehead atoms. The minimum absolute atomic E-state index is 0.00326. The first-order chi connectivity index (χ1) is 15.0. The van der Waals surface area contributed by atoms with Gasteiger partial charge in [0.05, 0.1) is 17.0 Å². The Kier molecular flexibility index (Phi) is 6.57. The van der Waals surface area contributed by atoms with Crippen molar-refractivity contribution in [2.45, 2.75) is 33.6 Å². The van der Waals surface area contributed by atoms with Gasteiger partial charge in [-0.05, 0) is 32.4 Å². The average molecular weight is 472 g/mol. The number of nitrogens with zero attached hydrogens (tertiary/aromatic N) is 3. The molecule has 1 amide bonds. The van der Waals surface area contributed by atoms with Crippen LogP contribution in [0.4, 0.5) is 22.6 Å². The Bertz CT molecular complexity index is 1220. The molecule has 0 saturated heterocycles. The number of fused-ring (bicyclic) bond motifs is 1. The van der Waals surface area contributed by atoms with Gasteiger partial charge in [0, 0.05) is 6.07 Å². The van der Waals surface area contributed by atoms with Crippen molar-refractivity contribution in [2.75, 3.05) is 11.9 Å². The third-order valence-electron chi connectivity index (χ3n) is 4.33. The number of Topliss-reactive ketones (excluding diaryl/α,β-unsaturated/α-hetero) is 1. The first-order valence-electron chi connectivity index (χ1n) is 9.14. The molecule has 13 heteroatoms. The van der Waals surface area contributed by atoms with Gasteiger partial charge in [0.1, 0.15) is 16.4 Å². The number of ketones is 1. The Morgan fingerprint density at radius 3 is 2.44 bits per heavy atom. The van der Waals surface area contributed by atoms with Gasteiger partial charge in [-0.3, -0.25) is 9.59 Å². The molecule has 0 atom stereocenters. The van der Waals surface area contributed by atoms with Crippen LogP contribution in [0.15, 0.2) is 12.1 Å². The van der Waals surface area contributed by atoms with Crippen molar-refractivity contribution in [2.24, 2.45) is 0 Å². The second kappa shape index (κ2) is 9.02. The fraction of sp³-hybridized carbons (Fsp3) is 0.316. The molecule has 32 heavy (non-hydrogen) atoms. The fourth-order valence-corrected chi connectivity index (χ4v) is 4.04. The molecule has 3 rings (SSSR count). The van der Waals surface area contributed by atoms with Gasteiger partial charge in [-0.1, -0.05) is 0 Å².